The number of thioether (sulfide) groups is 1. The first kappa shape index (κ1) is 19.0. The van der Waals surface area contributed by atoms with Crippen LogP contribution in [0.4, 0.5) is 4.39 Å². The van der Waals surface area contributed by atoms with Crippen LogP contribution >= 0.6 is 24.0 Å². The minimum Gasteiger partial charge on any atom is -0.379 e. The number of nitrogens with zero attached hydrogens (tertiary/aromatic N) is 2. The van der Waals surface area contributed by atoms with Gasteiger partial charge in [0.15, 0.2) is 0 Å². The van der Waals surface area contributed by atoms with Crippen LogP contribution in [0, 0.1) is 5.82 Å². The number of nitrogens with one attached hydrogen (secondary N) is 1. The molecule has 3 rings (SSSR count). The number of benzene rings is 1. The zero-order valence-electron chi connectivity index (χ0n) is 13.9. The van der Waals surface area contributed by atoms with Crippen molar-refractivity contribution in [2.24, 2.45) is 0 Å². The van der Waals surface area contributed by atoms with Crippen LogP contribution in [0.2, 0.25) is 0 Å². The molecule has 0 aromatic heterocycles. The van der Waals surface area contributed by atoms with Crippen molar-refractivity contribution in [3.05, 3.63) is 40.6 Å². The molecule has 0 unspecified atom stereocenters. The highest BCUT2D eigenvalue weighted by atomic mass is 32.2. The number of carbonyl (C=O) groups excluding carboxylic acids is 2. The van der Waals surface area contributed by atoms with Crippen molar-refractivity contribution in [3.8, 4) is 0 Å². The molecule has 2 heterocycles. The first-order chi connectivity index (χ1) is 12.5. The molecule has 6 nitrogen and oxygen atoms in total. The van der Waals surface area contributed by atoms with Crippen LogP contribution in [-0.2, 0) is 14.3 Å². The van der Waals surface area contributed by atoms with Gasteiger partial charge in [0.25, 0.3) is 5.91 Å². The molecule has 0 saturated carbocycles. The van der Waals surface area contributed by atoms with Crippen LogP contribution in [0.1, 0.15) is 12.0 Å². The smallest absolute Gasteiger partial charge is 0.266 e. The van der Waals surface area contributed by atoms with E-state index in [9.17, 15) is 14.0 Å². The second-order valence-corrected chi connectivity index (χ2v) is 7.42. The maximum Gasteiger partial charge on any atom is 0.266 e. The third-order valence-corrected chi connectivity index (χ3v) is 5.30. The second-order valence-electron chi connectivity index (χ2n) is 5.74. The SMILES string of the molecule is O=C(CCN1C(=O)/C(=C\c2ccccc2F)SC1=S)NN1CCOCC1. The number of hydrazine groups is 1. The molecule has 2 amide bonds. The van der Waals surface area contributed by atoms with E-state index in [0.717, 1.165) is 11.8 Å². The number of hydrogen-bond donors (Lipinski definition) is 1. The number of ether oxygens (including phenoxy) is 1. The molecule has 2 aliphatic rings. The Balaban J connectivity index is 1.57. The maximum atomic E-state index is 13.8. The fourth-order valence-electron chi connectivity index (χ4n) is 2.55. The predicted octanol–water partition coefficient (Wildman–Crippen LogP) is 1.78. The summed E-state index contributed by atoms with van der Waals surface area (Å²) < 4.78 is 19.4. The molecule has 0 radical (unpaired) electrons. The van der Waals surface area contributed by atoms with E-state index in [-0.39, 0.29) is 24.8 Å². The van der Waals surface area contributed by atoms with Gasteiger partial charge in [0.1, 0.15) is 10.1 Å². The zero-order chi connectivity index (χ0) is 18.5. The van der Waals surface area contributed by atoms with Crippen molar-refractivity contribution >= 4 is 46.2 Å². The summed E-state index contributed by atoms with van der Waals surface area (Å²) in [5.41, 5.74) is 3.12. The van der Waals surface area contributed by atoms with E-state index in [2.05, 4.69) is 5.43 Å². The van der Waals surface area contributed by atoms with E-state index >= 15 is 0 Å². The summed E-state index contributed by atoms with van der Waals surface area (Å²) in [6, 6.07) is 6.22. The Labute approximate surface area is 160 Å². The van der Waals surface area contributed by atoms with Gasteiger partial charge in [0, 0.05) is 31.6 Å². The van der Waals surface area contributed by atoms with Crippen molar-refractivity contribution in [3.63, 3.8) is 0 Å². The lowest BCUT2D eigenvalue weighted by atomic mass is 10.2. The van der Waals surface area contributed by atoms with Gasteiger partial charge in [-0.2, -0.15) is 0 Å². The summed E-state index contributed by atoms with van der Waals surface area (Å²) in [5, 5.41) is 1.80. The molecule has 0 spiro atoms. The standard InChI is InChI=1S/C17H18FN3O3S2/c18-13-4-2-1-3-12(13)11-14-16(23)21(17(25)26-14)6-5-15(22)19-20-7-9-24-10-8-20/h1-4,11H,5-10H2,(H,19,22)/b14-11+. The third kappa shape index (κ3) is 4.67. The Bertz CT molecular complexity index is 751. The molecule has 9 heteroatoms. The molecule has 0 bridgehead atoms. The molecule has 1 aromatic rings. The molecule has 0 aliphatic carbocycles. The number of amides is 2. The molecule has 2 aliphatic heterocycles. The minimum absolute atomic E-state index is 0.136. The van der Waals surface area contributed by atoms with E-state index in [0.29, 0.717) is 41.1 Å². The average Bonchev–Trinajstić information content (AvgIpc) is 2.89. The summed E-state index contributed by atoms with van der Waals surface area (Å²) in [5.74, 6) is -0.885. The molecule has 2 saturated heterocycles. The lowest BCUT2D eigenvalue weighted by Crippen LogP contribution is -2.49. The average molecular weight is 395 g/mol. The Morgan fingerprint density at radius 3 is 2.81 bits per heavy atom. The lowest BCUT2D eigenvalue weighted by molar-refractivity contribution is -0.128. The lowest BCUT2D eigenvalue weighted by Gasteiger charge is -2.27. The van der Waals surface area contributed by atoms with Crippen molar-refractivity contribution in [1.29, 1.82) is 0 Å². The van der Waals surface area contributed by atoms with Gasteiger partial charge in [0.05, 0.1) is 18.1 Å². The highest BCUT2D eigenvalue weighted by Gasteiger charge is 2.32. The van der Waals surface area contributed by atoms with Crippen LogP contribution in [-0.4, -0.2) is 58.9 Å². The summed E-state index contributed by atoms with van der Waals surface area (Å²) in [6.07, 6.45) is 1.62. The van der Waals surface area contributed by atoms with Crippen molar-refractivity contribution in [1.82, 2.24) is 15.3 Å². The first-order valence-electron chi connectivity index (χ1n) is 8.16. The number of morpholine rings is 1. The number of hydrogen-bond acceptors (Lipinski definition) is 6. The van der Waals surface area contributed by atoms with Gasteiger partial charge in [0.2, 0.25) is 5.91 Å². The zero-order valence-corrected chi connectivity index (χ0v) is 15.6. The van der Waals surface area contributed by atoms with Gasteiger partial charge in [-0.05, 0) is 12.1 Å². The van der Waals surface area contributed by atoms with Gasteiger partial charge in [-0.15, -0.1) is 0 Å². The topological polar surface area (TPSA) is 61.9 Å². The number of halogens is 1. The second kappa shape index (κ2) is 8.72. The quantitative estimate of drug-likeness (QED) is 0.606. The summed E-state index contributed by atoms with van der Waals surface area (Å²) in [4.78, 5) is 26.3. The van der Waals surface area contributed by atoms with Crippen LogP contribution in [0.15, 0.2) is 29.2 Å². The number of rotatable bonds is 5. The van der Waals surface area contributed by atoms with E-state index in [1.807, 2.05) is 0 Å². The summed E-state index contributed by atoms with van der Waals surface area (Å²) in [6.45, 7) is 2.62. The molecule has 0 atom stereocenters. The molecule has 1 aromatic carbocycles. The van der Waals surface area contributed by atoms with E-state index in [1.54, 1.807) is 23.2 Å². The number of thiocarbonyl (C=S) groups is 1. The largest absolute Gasteiger partial charge is 0.379 e. The summed E-state index contributed by atoms with van der Waals surface area (Å²) >= 11 is 6.35. The van der Waals surface area contributed by atoms with Crippen molar-refractivity contribution in [2.75, 3.05) is 32.8 Å². The normalized spacial score (nSPS) is 20.0. The van der Waals surface area contributed by atoms with E-state index < -0.39 is 5.82 Å². The van der Waals surface area contributed by atoms with Crippen LogP contribution in [0.5, 0.6) is 0 Å². The van der Waals surface area contributed by atoms with Gasteiger partial charge >= 0.3 is 0 Å². The van der Waals surface area contributed by atoms with Crippen LogP contribution in [0.3, 0.4) is 0 Å². The van der Waals surface area contributed by atoms with E-state index in [4.69, 9.17) is 17.0 Å². The predicted molar refractivity (Wildman–Crippen MR) is 101 cm³/mol. The molecule has 138 valence electrons. The number of carbonyl (C=O) groups is 2. The maximum absolute atomic E-state index is 13.8. The molecule has 26 heavy (non-hydrogen) atoms. The first-order valence-corrected chi connectivity index (χ1v) is 9.39. The van der Waals surface area contributed by atoms with Gasteiger partial charge in [-0.1, -0.05) is 42.2 Å². The molecular weight excluding hydrogens is 377 g/mol. The fourth-order valence-corrected chi connectivity index (χ4v) is 3.85. The van der Waals surface area contributed by atoms with Crippen molar-refractivity contribution < 1.29 is 18.7 Å². The molecule has 2 fully saturated rings. The Morgan fingerprint density at radius 2 is 2.08 bits per heavy atom. The Morgan fingerprint density at radius 1 is 1.35 bits per heavy atom. The fraction of sp³-hybridized carbons (Fsp3) is 0.353. The van der Waals surface area contributed by atoms with Crippen molar-refractivity contribution in [2.45, 2.75) is 6.42 Å². The molecular formula is C17H18FN3O3S2. The highest BCUT2D eigenvalue weighted by Crippen LogP contribution is 2.32. The minimum atomic E-state index is -0.400. The Kier molecular flexibility index (Phi) is 6.36. The summed E-state index contributed by atoms with van der Waals surface area (Å²) in [7, 11) is 0. The highest BCUT2D eigenvalue weighted by molar-refractivity contribution is 8.26. The van der Waals surface area contributed by atoms with Crippen LogP contribution in [0.25, 0.3) is 6.08 Å². The van der Waals surface area contributed by atoms with Gasteiger partial charge in [-0.3, -0.25) is 19.9 Å². The Hall–Kier alpha value is -1.81. The molecule has 1 N–H and O–H groups in total. The van der Waals surface area contributed by atoms with Gasteiger partial charge in [-0.25, -0.2) is 9.40 Å². The van der Waals surface area contributed by atoms with Crippen LogP contribution < -0.4 is 5.43 Å². The van der Waals surface area contributed by atoms with Gasteiger partial charge < -0.3 is 4.74 Å². The monoisotopic (exact) mass is 395 g/mol. The van der Waals surface area contributed by atoms with E-state index in [1.165, 1.54) is 17.0 Å². The third-order valence-electron chi connectivity index (χ3n) is 3.92.